The van der Waals surface area contributed by atoms with E-state index in [2.05, 4.69) is 5.32 Å². The summed E-state index contributed by atoms with van der Waals surface area (Å²) in [5, 5.41) is 5.20. The Labute approximate surface area is 91.5 Å². The van der Waals surface area contributed by atoms with Gasteiger partial charge in [-0.15, -0.1) is 11.3 Å². The van der Waals surface area contributed by atoms with Crippen LogP contribution in [0.4, 0.5) is 0 Å². The van der Waals surface area contributed by atoms with Gasteiger partial charge in [0, 0.05) is 11.1 Å². The van der Waals surface area contributed by atoms with Crippen LogP contribution in [0.5, 0.6) is 0 Å². The molecule has 0 spiro atoms. The van der Waals surface area contributed by atoms with Gasteiger partial charge in [0.15, 0.2) is 0 Å². The summed E-state index contributed by atoms with van der Waals surface area (Å²) in [7, 11) is 1.91. The van der Waals surface area contributed by atoms with Crippen molar-refractivity contribution in [1.29, 1.82) is 0 Å². The largest absolute Gasteiger partial charge is 0.472 e. The second-order valence-electron chi connectivity index (χ2n) is 2.93. The number of furan rings is 1. The third-order valence-electron chi connectivity index (χ3n) is 2.12. The number of thiophene rings is 1. The Morgan fingerprint density at radius 3 is 2.86 bits per heavy atom. The van der Waals surface area contributed by atoms with E-state index in [4.69, 9.17) is 16.0 Å². The van der Waals surface area contributed by atoms with E-state index in [0.717, 1.165) is 15.5 Å². The fraction of sp³-hybridized carbons (Fsp3) is 0.200. The first-order valence-electron chi connectivity index (χ1n) is 4.25. The Morgan fingerprint density at radius 2 is 2.36 bits per heavy atom. The Balaban J connectivity index is 2.36. The van der Waals surface area contributed by atoms with Crippen molar-refractivity contribution >= 4 is 22.9 Å². The van der Waals surface area contributed by atoms with Gasteiger partial charge in [-0.1, -0.05) is 11.6 Å². The van der Waals surface area contributed by atoms with E-state index in [1.54, 1.807) is 23.9 Å². The third kappa shape index (κ3) is 1.71. The second kappa shape index (κ2) is 4.17. The van der Waals surface area contributed by atoms with Gasteiger partial charge in [-0.25, -0.2) is 0 Å². The molecule has 0 aliphatic heterocycles. The molecule has 0 aromatic carbocycles. The zero-order valence-corrected chi connectivity index (χ0v) is 9.23. The molecule has 2 nitrogen and oxygen atoms in total. The van der Waals surface area contributed by atoms with Crippen LogP contribution in [-0.2, 0) is 0 Å². The number of hydrogen-bond donors (Lipinski definition) is 1. The van der Waals surface area contributed by atoms with Gasteiger partial charge >= 0.3 is 0 Å². The molecule has 0 aliphatic rings. The van der Waals surface area contributed by atoms with Crippen molar-refractivity contribution in [3.05, 3.63) is 45.5 Å². The molecule has 2 heterocycles. The van der Waals surface area contributed by atoms with Gasteiger partial charge in [0.2, 0.25) is 0 Å². The minimum absolute atomic E-state index is 0.118. The second-order valence-corrected chi connectivity index (χ2v) is 4.45. The van der Waals surface area contributed by atoms with Crippen molar-refractivity contribution in [3.8, 4) is 0 Å². The van der Waals surface area contributed by atoms with Crippen LogP contribution in [0, 0.1) is 0 Å². The summed E-state index contributed by atoms with van der Waals surface area (Å²) >= 11 is 7.62. The number of nitrogens with one attached hydrogen (secondary N) is 1. The highest BCUT2D eigenvalue weighted by atomic mass is 35.5. The van der Waals surface area contributed by atoms with Gasteiger partial charge in [-0.05, 0) is 24.6 Å². The standard InChI is InChI=1S/C10H10ClNOS/c1-12-9(7-2-4-13-6-7)8-3-5-14-10(8)11/h2-6,9,12H,1H3. The molecule has 2 aromatic heterocycles. The lowest BCUT2D eigenvalue weighted by molar-refractivity contribution is 0.557. The normalized spacial score (nSPS) is 13.0. The van der Waals surface area contributed by atoms with Gasteiger partial charge < -0.3 is 9.73 Å². The van der Waals surface area contributed by atoms with Crippen LogP contribution in [0.1, 0.15) is 17.2 Å². The van der Waals surface area contributed by atoms with E-state index in [0.29, 0.717) is 0 Å². The fourth-order valence-electron chi connectivity index (χ4n) is 1.45. The van der Waals surface area contributed by atoms with Gasteiger partial charge in [-0.2, -0.15) is 0 Å². The molecule has 1 unspecified atom stereocenters. The Kier molecular flexibility index (Phi) is 2.91. The quantitative estimate of drug-likeness (QED) is 0.871. The summed E-state index contributed by atoms with van der Waals surface area (Å²) in [6.45, 7) is 0. The van der Waals surface area contributed by atoms with Crippen molar-refractivity contribution in [1.82, 2.24) is 5.32 Å². The van der Waals surface area contributed by atoms with Crippen molar-refractivity contribution in [2.24, 2.45) is 0 Å². The zero-order chi connectivity index (χ0) is 9.97. The third-order valence-corrected chi connectivity index (χ3v) is 3.32. The minimum Gasteiger partial charge on any atom is -0.472 e. The Morgan fingerprint density at radius 1 is 1.50 bits per heavy atom. The SMILES string of the molecule is CNC(c1ccoc1)c1ccsc1Cl. The molecule has 14 heavy (non-hydrogen) atoms. The molecule has 0 aliphatic carbocycles. The summed E-state index contributed by atoms with van der Waals surface area (Å²) < 4.78 is 5.88. The lowest BCUT2D eigenvalue weighted by atomic mass is 10.1. The topological polar surface area (TPSA) is 25.2 Å². The van der Waals surface area contributed by atoms with Crippen LogP contribution in [0.2, 0.25) is 4.34 Å². The number of halogens is 1. The molecular weight excluding hydrogens is 218 g/mol. The average molecular weight is 228 g/mol. The summed E-state index contributed by atoms with van der Waals surface area (Å²) in [5.74, 6) is 0. The van der Waals surface area contributed by atoms with E-state index in [1.165, 1.54) is 0 Å². The monoisotopic (exact) mass is 227 g/mol. The van der Waals surface area contributed by atoms with Crippen LogP contribution >= 0.6 is 22.9 Å². The van der Waals surface area contributed by atoms with Gasteiger partial charge in [-0.3, -0.25) is 0 Å². The maximum atomic E-state index is 6.08. The number of hydrogen-bond acceptors (Lipinski definition) is 3. The highest BCUT2D eigenvalue weighted by Crippen LogP contribution is 2.32. The Hall–Kier alpha value is -0.770. The molecule has 0 saturated carbocycles. The highest BCUT2D eigenvalue weighted by Gasteiger charge is 2.16. The summed E-state index contributed by atoms with van der Waals surface area (Å²) in [6.07, 6.45) is 3.40. The smallest absolute Gasteiger partial charge is 0.0979 e. The summed E-state index contributed by atoms with van der Waals surface area (Å²) in [5.41, 5.74) is 2.19. The fourth-order valence-corrected chi connectivity index (χ4v) is 2.43. The minimum atomic E-state index is 0.118. The summed E-state index contributed by atoms with van der Waals surface area (Å²) in [6, 6.07) is 4.09. The molecule has 2 rings (SSSR count). The van der Waals surface area contributed by atoms with Crippen LogP contribution < -0.4 is 5.32 Å². The first-order valence-corrected chi connectivity index (χ1v) is 5.51. The van der Waals surface area contributed by atoms with Crippen molar-refractivity contribution in [2.75, 3.05) is 7.05 Å². The lowest BCUT2D eigenvalue weighted by Crippen LogP contribution is -2.16. The van der Waals surface area contributed by atoms with E-state index in [9.17, 15) is 0 Å². The highest BCUT2D eigenvalue weighted by molar-refractivity contribution is 7.14. The Bertz CT molecular complexity index is 396. The molecule has 1 atom stereocenters. The molecule has 0 saturated heterocycles. The van der Waals surface area contributed by atoms with Crippen molar-refractivity contribution < 1.29 is 4.42 Å². The van der Waals surface area contributed by atoms with Crippen LogP contribution in [0.3, 0.4) is 0 Å². The van der Waals surface area contributed by atoms with E-state index < -0.39 is 0 Å². The lowest BCUT2D eigenvalue weighted by Gasteiger charge is -2.13. The van der Waals surface area contributed by atoms with Gasteiger partial charge in [0.05, 0.1) is 22.9 Å². The molecule has 0 bridgehead atoms. The van der Waals surface area contributed by atoms with Gasteiger partial charge in [0.25, 0.3) is 0 Å². The molecule has 0 radical (unpaired) electrons. The van der Waals surface area contributed by atoms with Crippen molar-refractivity contribution in [2.45, 2.75) is 6.04 Å². The predicted octanol–water partition coefficient (Wildman–Crippen LogP) is 3.30. The maximum absolute atomic E-state index is 6.08. The van der Waals surface area contributed by atoms with Crippen molar-refractivity contribution in [3.63, 3.8) is 0 Å². The number of rotatable bonds is 3. The molecule has 4 heteroatoms. The average Bonchev–Trinajstić information content (AvgIpc) is 2.80. The predicted molar refractivity (Wildman–Crippen MR) is 58.9 cm³/mol. The molecule has 0 fully saturated rings. The molecule has 1 N–H and O–H groups in total. The molecule has 0 amide bonds. The van der Waals surface area contributed by atoms with E-state index in [1.807, 2.05) is 24.6 Å². The summed E-state index contributed by atoms with van der Waals surface area (Å²) in [4.78, 5) is 0. The van der Waals surface area contributed by atoms with Crippen LogP contribution in [0.25, 0.3) is 0 Å². The van der Waals surface area contributed by atoms with E-state index in [-0.39, 0.29) is 6.04 Å². The molecule has 2 aromatic rings. The first kappa shape index (κ1) is 9.77. The zero-order valence-electron chi connectivity index (χ0n) is 7.66. The molecular formula is C10H10ClNOS. The maximum Gasteiger partial charge on any atom is 0.0979 e. The molecule has 74 valence electrons. The van der Waals surface area contributed by atoms with Gasteiger partial charge in [0.1, 0.15) is 0 Å². The van der Waals surface area contributed by atoms with E-state index >= 15 is 0 Å². The van der Waals surface area contributed by atoms with Crippen LogP contribution in [0.15, 0.2) is 34.5 Å². The van der Waals surface area contributed by atoms with Crippen LogP contribution in [-0.4, -0.2) is 7.05 Å². The first-order chi connectivity index (χ1) is 6.83.